The number of aromatic nitrogens is 2. The Kier molecular flexibility index (Phi) is 2.68. The molecule has 1 aromatic heterocycles. The minimum atomic E-state index is -0.480. The Hall–Kier alpha value is -1.52. The number of carbonyl (C=O) groups excluding carboxylic acids is 1. The molecule has 0 aliphatic heterocycles. The molecule has 0 spiro atoms. The summed E-state index contributed by atoms with van der Waals surface area (Å²) in [6.45, 7) is 2.36. The molecule has 1 amide bonds. The monoisotopic (exact) mass is 169 g/mol. The Morgan fingerprint density at radius 3 is 3.08 bits per heavy atom. The van der Waals surface area contributed by atoms with Crippen molar-refractivity contribution < 1.29 is 9.53 Å². The molecule has 12 heavy (non-hydrogen) atoms. The Morgan fingerprint density at radius 2 is 2.58 bits per heavy atom. The molecular formula is C7H11N3O2. The summed E-state index contributed by atoms with van der Waals surface area (Å²) in [5.74, 6) is 0. The smallest absolute Gasteiger partial charge is 0.375 e. The highest BCUT2D eigenvalue weighted by molar-refractivity contribution is 5.69. The van der Waals surface area contributed by atoms with Gasteiger partial charge in [0.1, 0.15) is 0 Å². The third kappa shape index (κ3) is 1.98. The first-order chi connectivity index (χ1) is 5.74. The fourth-order valence-electron chi connectivity index (χ4n) is 0.714. The zero-order chi connectivity index (χ0) is 8.97. The molecule has 0 saturated heterocycles. The summed E-state index contributed by atoms with van der Waals surface area (Å²) in [5, 5.41) is 2.50. The third-order valence-electron chi connectivity index (χ3n) is 1.28. The number of amides is 1. The van der Waals surface area contributed by atoms with Gasteiger partial charge in [0.2, 0.25) is 0 Å². The zero-order valence-electron chi connectivity index (χ0n) is 7.07. The first-order valence-electron chi connectivity index (χ1n) is 3.67. The van der Waals surface area contributed by atoms with Crippen LogP contribution in [0.4, 0.5) is 4.79 Å². The molecule has 0 radical (unpaired) electrons. The van der Waals surface area contributed by atoms with E-state index in [1.165, 1.54) is 0 Å². The van der Waals surface area contributed by atoms with Crippen LogP contribution in [-0.4, -0.2) is 22.2 Å². The van der Waals surface area contributed by atoms with Gasteiger partial charge in [-0.2, -0.15) is 0 Å². The molecule has 5 heteroatoms. The summed E-state index contributed by atoms with van der Waals surface area (Å²) in [7, 11) is 1.75. The molecule has 0 saturated carbocycles. The van der Waals surface area contributed by atoms with Crippen LogP contribution in [0.5, 0.6) is 6.01 Å². The molecule has 0 aromatic carbocycles. The van der Waals surface area contributed by atoms with E-state index in [4.69, 9.17) is 4.74 Å². The number of hydrogen-bond donors (Lipinski definition) is 1. The Labute approximate surface area is 70.4 Å². The molecule has 1 N–H and O–H groups in total. The maximum atomic E-state index is 10.9. The Morgan fingerprint density at radius 1 is 1.83 bits per heavy atom. The molecule has 1 heterocycles. The molecule has 1 aromatic rings. The van der Waals surface area contributed by atoms with Crippen molar-refractivity contribution in [2.45, 2.75) is 6.92 Å². The first kappa shape index (κ1) is 8.58. The average Bonchev–Trinajstić information content (AvgIpc) is 2.37. The highest BCUT2D eigenvalue weighted by atomic mass is 16.6. The molecule has 0 unspecified atom stereocenters. The van der Waals surface area contributed by atoms with E-state index in [1.54, 1.807) is 24.0 Å². The highest BCUT2D eigenvalue weighted by Crippen LogP contribution is 2.03. The van der Waals surface area contributed by atoms with Gasteiger partial charge >= 0.3 is 12.1 Å². The van der Waals surface area contributed by atoms with Gasteiger partial charge in [-0.3, -0.25) is 0 Å². The van der Waals surface area contributed by atoms with Crippen LogP contribution < -0.4 is 10.1 Å². The van der Waals surface area contributed by atoms with Gasteiger partial charge in [-0.05, 0) is 6.92 Å². The normalized spacial score (nSPS) is 9.50. The van der Waals surface area contributed by atoms with Crippen LogP contribution in [0.2, 0.25) is 0 Å². The number of nitrogens with one attached hydrogen (secondary N) is 1. The van der Waals surface area contributed by atoms with Crippen LogP contribution in [0.1, 0.15) is 6.92 Å². The lowest BCUT2D eigenvalue weighted by atomic mass is 10.8. The van der Waals surface area contributed by atoms with E-state index in [-0.39, 0.29) is 0 Å². The van der Waals surface area contributed by atoms with E-state index in [2.05, 4.69) is 10.3 Å². The lowest BCUT2D eigenvalue weighted by Crippen LogP contribution is -2.27. The van der Waals surface area contributed by atoms with Crippen molar-refractivity contribution >= 4 is 6.09 Å². The second-order valence-corrected chi connectivity index (χ2v) is 2.24. The molecule has 0 aliphatic rings. The predicted octanol–water partition coefficient (Wildman–Crippen LogP) is 0.528. The lowest BCUT2D eigenvalue weighted by Gasteiger charge is -2.02. The van der Waals surface area contributed by atoms with Gasteiger partial charge in [-0.25, -0.2) is 9.78 Å². The summed E-state index contributed by atoms with van der Waals surface area (Å²) in [6, 6.07) is 0.293. The fourth-order valence-corrected chi connectivity index (χ4v) is 0.714. The molecule has 0 fully saturated rings. The number of aryl methyl sites for hydroxylation is 1. The number of hydrogen-bond acceptors (Lipinski definition) is 3. The van der Waals surface area contributed by atoms with Crippen LogP contribution in [-0.2, 0) is 7.05 Å². The van der Waals surface area contributed by atoms with Crippen LogP contribution in [0.15, 0.2) is 12.4 Å². The van der Waals surface area contributed by atoms with Crippen molar-refractivity contribution in [2.24, 2.45) is 7.05 Å². The standard InChI is InChI=1S/C7H11N3O2/c1-3-8-7(11)12-6-9-4-5-10(6)2/h4-5H,3H2,1-2H3,(H,8,11). The van der Waals surface area contributed by atoms with Crippen molar-refractivity contribution in [3.8, 4) is 6.01 Å². The van der Waals surface area contributed by atoms with Crippen LogP contribution in [0.3, 0.4) is 0 Å². The molecule has 1 rings (SSSR count). The van der Waals surface area contributed by atoms with Crippen molar-refractivity contribution in [1.82, 2.24) is 14.9 Å². The summed E-state index contributed by atoms with van der Waals surface area (Å²) >= 11 is 0. The quantitative estimate of drug-likeness (QED) is 0.702. The summed E-state index contributed by atoms with van der Waals surface area (Å²) in [4.78, 5) is 14.7. The number of imidazole rings is 1. The molecule has 0 bridgehead atoms. The largest absolute Gasteiger partial charge is 0.415 e. The van der Waals surface area contributed by atoms with Crippen molar-refractivity contribution in [3.05, 3.63) is 12.4 Å². The SMILES string of the molecule is CCNC(=O)Oc1nccn1C. The topological polar surface area (TPSA) is 56.1 Å². The number of rotatable bonds is 2. The van der Waals surface area contributed by atoms with Gasteiger partial charge in [-0.1, -0.05) is 0 Å². The van der Waals surface area contributed by atoms with E-state index in [0.717, 1.165) is 0 Å². The van der Waals surface area contributed by atoms with Crippen molar-refractivity contribution in [2.75, 3.05) is 6.54 Å². The van der Waals surface area contributed by atoms with Crippen LogP contribution in [0, 0.1) is 0 Å². The number of carbonyl (C=O) groups is 1. The molecule has 0 atom stereocenters. The molecule has 5 nitrogen and oxygen atoms in total. The van der Waals surface area contributed by atoms with Crippen molar-refractivity contribution in [3.63, 3.8) is 0 Å². The first-order valence-corrected chi connectivity index (χ1v) is 3.67. The Balaban J connectivity index is 2.52. The summed E-state index contributed by atoms with van der Waals surface area (Å²) in [5.41, 5.74) is 0. The second-order valence-electron chi connectivity index (χ2n) is 2.24. The third-order valence-corrected chi connectivity index (χ3v) is 1.28. The minimum Gasteiger partial charge on any atom is -0.375 e. The van der Waals surface area contributed by atoms with Gasteiger partial charge < -0.3 is 14.6 Å². The van der Waals surface area contributed by atoms with Gasteiger partial charge in [0, 0.05) is 26.0 Å². The van der Waals surface area contributed by atoms with Crippen LogP contribution in [0.25, 0.3) is 0 Å². The van der Waals surface area contributed by atoms with Gasteiger partial charge in [0.15, 0.2) is 0 Å². The second kappa shape index (κ2) is 3.75. The van der Waals surface area contributed by atoms with Gasteiger partial charge in [-0.15, -0.1) is 0 Å². The van der Waals surface area contributed by atoms with E-state index in [1.807, 2.05) is 6.92 Å². The summed E-state index contributed by atoms with van der Waals surface area (Å²) < 4.78 is 6.45. The average molecular weight is 169 g/mol. The van der Waals surface area contributed by atoms with Crippen LogP contribution >= 0.6 is 0 Å². The van der Waals surface area contributed by atoms with Gasteiger partial charge in [0.05, 0.1) is 0 Å². The molecular weight excluding hydrogens is 158 g/mol. The number of ether oxygens (including phenoxy) is 1. The molecule has 66 valence electrons. The van der Waals surface area contributed by atoms with E-state index in [9.17, 15) is 4.79 Å². The summed E-state index contributed by atoms with van der Waals surface area (Å²) in [6.07, 6.45) is 2.79. The maximum Gasteiger partial charge on any atom is 0.415 e. The van der Waals surface area contributed by atoms with E-state index >= 15 is 0 Å². The predicted molar refractivity (Wildman–Crippen MR) is 42.9 cm³/mol. The lowest BCUT2D eigenvalue weighted by molar-refractivity contribution is 0.195. The highest BCUT2D eigenvalue weighted by Gasteiger charge is 2.05. The number of nitrogens with zero attached hydrogens (tertiary/aromatic N) is 2. The maximum absolute atomic E-state index is 10.9. The zero-order valence-corrected chi connectivity index (χ0v) is 7.07. The van der Waals surface area contributed by atoms with E-state index in [0.29, 0.717) is 12.6 Å². The van der Waals surface area contributed by atoms with E-state index < -0.39 is 6.09 Å². The molecule has 0 aliphatic carbocycles. The fraction of sp³-hybridized carbons (Fsp3) is 0.429. The van der Waals surface area contributed by atoms with Crippen molar-refractivity contribution in [1.29, 1.82) is 0 Å². The minimum absolute atomic E-state index is 0.293. The van der Waals surface area contributed by atoms with Gasteiger partial charge in [0.25, 0.3) is 0 Å². The Bertz CT molecular complexity index is 269.